The number of carbonyl (C=O) groups is 1. The van der Waals surface area contributed by atoms with Crippen molar-refractivity contribution in [3.05, 3.63) is 41.2 Å². The van der Waals surface area contributed by atoms with Crippen LogP contribution in [0.2, 0.25) is 0 Å². The lowest BCUT2D eigenvalue weighted by atomic mass is 9.97. The summed E-state index contributed by atoms with van der Waals surface area (Å²) in [5.74, 6) is -0.895. The van der Waals surface area contributed by atoms with Crippen LogP contribution in [0.4, 0.5) is 0 Å². The summed E-state index contributed by atoms with van der Waals surface area (Å²) >= 11 is 0. The molecule has 1 N–H and O–H groups in total. The second-order valence-electron chi connectivity index (χ2n) is 4.99. The van der Waals surface area contributed by atoms with Gasteiger partial charge in [-0.15, -0.1) is 0 Å². The highest BCUT2D eigenvalue weighted by Crippen LogP contribution is 2.28. The van der Waals surface area contributed by atoms with Gasteiger partial charge >= 0.3 is 5.97 Å². The number of nitrogens with zero attached hydrogens (tertiary/aromatic N) is 2. The molecule has 1 aromatic carbocycles. The molecular weight excluding hydrogens is 240 g/mol. The molecule has 0 aliphatic heterocycles. The Bertz CT molecular complexity index is 627. The lowest BCUT2D eigenvalue weighted by Crippen LogP contribution is -2.01. The zero-order valence-electron chi connectivity index (χ0n) is 11.6. The van der Waals surface area contributed by atoms with E-state index in [1.807, 2.05) is 30.8 Å². The molecule has 1 aromatic heterocycles. The Morgan fingerprint density at radius 2 is 1.95 bits per heavy atom. The van der Waals surface area contributed by atoms with E-state index in [9.17, 15) is 9.90 Å². The SMILES string of the molecule is Cc1nn(C(C)C)cc1-c1cccc(C(=O)O)c1C. The zero-order valence-corrected chi connectivity index (χ0v) is 11.6. The van der Waals surface area contributed by atoms with Crippen molar-refractivity contribution < 1.29 is 9.90 Å². The van der Waals surface area contributed by atoms with Crippen LogP contribution in [-0.2, 0) is 0 Å². The maximum Gasteiger partial charge on any atom is 0.335 e. The first-order valence-electron chi connectivity index (χ1n) is 6.31. The van der Waals surface area contributed by atoms with Gasteiger partial charge in [-0.25, -0.2) is 4.79 Å². The van der Waals surface area contributed by atoms with E-state index in [4.69, 9.17) is 0 Å². The first kappa shape index (κ1) is 13.3. The van der Waals surface area contributed by atoms with Gasteiger partial charge in [0.05, 0.1) is 11.3 Å². The lowest BCUT2D eigenvalue weighted by Gasteiger charge is -2.07. The van der Waals surface area contributed by atoms with Crippen LogP contribution in [0.5, 0.6) is 0 Å². The van der Waals surface area contributed by atoms with Gasteiger partial charge in [0.15, 0.2) is 0 Å². The van der Waals surface area contributed by atoms with Gasteiger partial charge in [-0.1, -0.05) is 12.1 Å². The normalized spacial score (nSPS) is 11.0. The summed E-state index contributed by atoms with van der Waals surface area (Å²) in [5.41, 5.74) is 3.97. The van der Waals surface area contributed by atoms with E-state index < -0.39 is 5.97 Å². The molecule has 0 aliphatic rings. The molecule has 19 heavy (non-hydrogen) atoms. The highest BCUT2D eigenvalue weighted by molar-refractivity contribution is 5.92. The van der Waals surface area contributed by atoms with Crippen molar-refractivity contribution in [1.82, 2.24) is 9.78 Å². The monoisotopic (exact) mass is 258 g/mol. The van der Waals surface area contributed by atoms with E-state index in [2.05, 4.69) is 18.9 Å². The van der Waals surface area contributed by atoms with Gasteiger partial charge in [0, 0.05) is 17.8 Å². The summed E-state index contributed by atoms with van der Waals surface area (Å²) in [4.78, 5) is 11.2. The highest BCUT2D eigenvalue weighted by atomic mass is 16.4. The van der Waals surface area contributed by atoms with Crippen LogP contribution in [0.3, 0.4) is 0 Å². The van der Waals surface area contributed by atoms with Crippen LogP contribution in [0.25, 0.3) is 11.1 Å². The minimum absolute atomic E-state index is 0.287. The summed E-state index contributed by atoms with van der Waals surface area (Å²) in [6, 6.07) is 5.63. The second-order valence-corrected chi connectivity index (χ2v) is 4.99. The first-order chi connectivity index (χ1) is 8.91. The third-order valence-corrected chi connectivity index (χ3v) is 3.30. The van der Waals surface area contributed by atoms with Crippen molar-refractivity contribution in [3.8, 4) is 11.1 Å². The molecule has 0 aliphatic carbocycles. The predicted molar refractivity (Wildman–Crippen MR) is 74.5 cm³/mol. The molecule has 0 saturated heterocycles. The van der Waals surface area contributed by atoms with E-state index in [-0.39, 0.29) is 6.04 Å². The first-order valence-corrected chi connectivity index (χ1v) is 6.31. The Kier molecular flexibility index (Phi) is 3.42. The number of carboxylic acid groups (broad SMARTS) is 1. The van der Waals surface area contributed by atoms with Crippen molar-refractivity contribution in [3.63, 3.8) is 0 Å². The minimum atomic E-state index is -0.895. The Morgan fingerprint density at radius 3 is 2.47 bits per heavy atom. The summed E-state index contributed by atoms with van der Waals surface area (Å²) in [6.45, 7) is 7.92. The lowest BCUT2D eigenvalue weighted by molar-refractivity contribution is 0.0696. The average molecular weight is 258 g/mol. The maximum absolute atomic E-state index is 11.2. The number of carboxylic acids is 1. The highest BCUT2D eigenvalue weighted by Gasteiger charge is 2.15. The van der Waals surface area contributed by atoms with Crippen LogP contribution < -0.4 is 0 Å². The van der Waals surface area contributed by atoms with Crippen molar-refractivity contribution >= 4 is 5.97 Å². The molecule has 0 unspecified atom stereocenters. The van der Waals surface area contributed by atoms with Gasteiger partial charge in [-0.05, 0) is 44.9 Å². The summed E-state index contributed by atoms with van der Waals surface area (Å²) < 4.78 is 1.90. The fourth-order valence-corrected chi connectivity index (χ4v) is 2.17. The van der Waals surface area contributed by atoms with E-state index in [0.717, 1.165) is 22.4 Å². The van der Waals surface area contributed by atoms with Crippen molar-refractivity contribution in [1.29, 1.82) is 0 Å². The summed E-state index contributed by atoms with van der Waals surface area (Å²) in [5, 5.41) is 13.7. The van der Waals surface area contributed by atoms with E-state index in [1.165, 1.54) is 0 Å². The Labute approximate surface area is 112 Å². The van der Waals surface area contributed by atoms with Gasteiger partial charge in [0.1, 0.15) is 0 Å². The van der Waals surface area contributed by atoms with Gasteiger partial charge < -0.3 is 5.11 Å². The predicted octanol–water partition coefficient (Wildman–Crippen LogP) is 3.45. The fraction of sp³-hybridized carbons (Fsp3) is 0.333. The summed E-state index contributed by atoms with van der Waals surface area (Å²) in [6.07, 6.45) is 1.98. The number of rotatable bonds is 3. The standard InChI is InChI=1S/C15H18N2O2/c1-9(2)17-8-14(11(4)16-17)12-6-5-7-13(10(12)3)15(18)19/h5-9H,1-4H3,(H,18,19). The quantitative estimate of drug-likeness (QED) is 0.917. The number of aromatic carboxylic acids is 1. The third kappa shape index (κ3) is 2.38. The molecule has 0 fully saturated rings. The molecule has 2 rings (SSSR count). The van der Waals surface area contributed by atoms with Crippen molar-refractivity contribution in [2.75, 3.05) is 0 Å². The maximum atomic E-state index is 11.2. The topological polar surface area (TPSA) is 55.1 Å². The van der Waals surface area contributed by atoms with E-state index >= 15 is 0 Å². The van der Waals surface area contributed by atoms with Gasteiger partial charge in [0.2, 0.25) is 0 Å². The van der Waals surface area contributed by atoms with Gasteiger partial charge in [-0.3, -0.25) is 4.68 Å². The van der Waals surface area contributed by atoms with Gasteiger partial charge in [0.25, 0.3) is 0 Å². The fourth-order valence-electron chi connectivity index (χ4n) is 2.17. The van der Waals surface area contributed by atoms with Crippen LogP contribution in [0.1, 0.15) is 41.5 Å². The Balaban J connectivity index is 2.59. The molecule has 0 spiro atoms. The molecule has 0 atom stereocenters. The molecule has 100 valence electrons. The molecule has 0 radical (unpaired) electrons. The van der Waals surface area contributed by atoms with Crippen molar-refractivity contribution in [2.24, 2.45) is 0 Å². The van der Waals surface area contributed by atoms with E-state index in [1.54, 1.807) is 12.1 Å². The zero-order chi connectivity index (χ0) is 14.2. The molecule has 0 amide bonds. The number of hydrogen-bond donors (Lipinski definition) is 1. The average Bonchev–Trinajstić information content (AvgIpc) is 2.71. The molecule has 4 nitrogen and oxygen atoms in total. The van der Waals surface area contributed by atoms with Crippen LogP contribution in [0.15, 0.2) is 24.4 Å². The Hall–Kier alpha value is -2.10. The smallest absolute Gasteiger partial charge is 0.335 e. The van der Waals surface area contributed by atoms with Crippen LogP contribution in [-0.4, -0.2) is 20.9 Å². The minimum Gasteiger partial charge on any atom is -0.478 e. The molecule has 1 heterocycles. The number of hydrogen-bond acceptors (Lipinski definition) is 2. The van der Waals surface area contributed by atoms with E-state index in [0.29, 0.717) is 5.56 Å². The van der Waals surface area contributed by atoms with Crippen molar-refractivity contribution in [2.45, 2.75) is 33.7 Å². The molecular formula is C15H18N2O2. The molecule has 4 heteroatoms. The number of benzene rings is 1. The second kappa shape index (κ2) is 4.88. The van der Waals surface area contributed by atoms with Gasteiger partial charge in [-0.2, -0.15) is 5.10 Å². The number of aromatic nitrogens is 2. The third-order valence-electron chi connectivity index (χ3n) is 3.30. The van der Waals surface area contributed by atoms with Crippen LogP contribution in [0, 0.1) is 13.8 Å². The number of aryl methyl sites for hydroxylation is 1. The van der Waals surface area contributed by atoms with Crippen LogP contribution >= 0.6 is 0 Å². The summed E-state index contributed by atoms with van der Waals surface area (Å²) in [7, 11) is 0. The Morgan fingerprint density at radius 1 is 1.26 bits per heavy atom. The molecule has 0 saturated carbocycles. The molecule has 0 bridgehead atoms. The molecule has 2 aromatic rings. The largest absolute Gasteiger partial charge is 0.478 e.